The van der Waals surface area contributed by atoms with Crippen LogP contribution in [0.3, 0.4) is 0 Å². The van der Waals surface area contributed by atoms with Crippen molar-refractivity contribution in [3.8, 4) is 0 Å². The molecule has 1 saturated heterocycles. The van der Waals surface area contributed by atoms with Gasteiger partial charge in [-0.3, -0.25) is 9.69 Å². The topological polar surface area (TPSA) is 40.5 Å². The summed E-state index contributed by atoms with van der Waals surface area (Å²) < 4.78 is 27.7. The Hall–Kier alpha value is -1.01. The number of benzene rings is 1. The van der Waals surface area contributed by atoms with E-state index in [9.17, 15) is 13.6 Å². The standard InChI is InChI=1S/C13H14BrF2NO2/c14-10-3-4-11(15)9(12(10)16)7-17-5-1-2-8(6-17)13(18)19/h3-4,8H,1-2,5-7H2,(H,18,19). The summed E-state index contributed by atoms with van der Waals surface area (Å²) in [7, 11) is 0. The van der Waals surface area contributed by atoms with Gasteiger partial charge in [-0.2, -0.15) is 0 Å². The number of carboxylic acids is 1. The largest absolute Gasteiger partial charge is 0.481 e. The second-order valence-corrected chi connectivity index (χ2v) is 5.59. The van der Waals surface area contributed by atoms with Gasteiger partial charge in [0.2, 0.25) is 0 Å². The normalized spacial score (nSPS) is 20.5. The second kappa shape index (κ2) is 5.96. The van der Waals surface area contributed by atoms with E-state index in [1.807, 2.05) is 0 Å². The monoisotopic (exact) mass is 333 g/mol. The molecule has 1 atom stereocenters. The summed E-state index contributed by atoms with van der Waals surface area (Å²) in [6.45, 7) is 1.09. The SMILES string of the molecule is O=C(O)C1CCCN(Cc2c(F)ccc(Br)c2F)C1. The Kier molecular flexibility index (Phi) is 4.52. The first-order valence-corrected chi connectivity index (χ1v) is 6.86. The van der Waals surface area contributed by atoms with E-state index in [2.05, 4.69) is 15.9 Å². The Bertz CT molecular complexity index is 496. The molecule has 19 heavy (non-hydrogen) atoms. The van der Waals surface area contributed by atoms with E-state index in [-0.39, 0.29) is 16.6 Å². The molecule has 6 heteroatoms. The van der Waals surface area contributed by atoms with Gasteiger partial charge in [-0.25, -0.2) is 8.78 Å². The Labute approximate surface area is 118 Å². The zero-order chi connectivity index (χ0) is 14.0. The molecule has 1 fully saturated rings. The van der Waals surface area contributed by atoms with Crippen molar-refractivity contribution in [3.05, 3.63) is 33.8 Å². The molecule has 2 rings (SSSR count). The first kappa shape index (κ1) is 14.4. The number of nitrogens with zero attached hydrogens (tertiary/aromatic N) is 1. The molecule has 1 aliphatic heterocycles. The molecule has 0 bridgehead atoms. The molecule has 104 valence electrons. The lowest BCUT2D eigenvalue weighted by atomic mass is 9.98. The fraction of sp³-hybridized carbons (Fsp3) is 0.462. The number of carboxylic acid groups (broad SMARTS) is 1. The maximum atomic E-state index is 13.8. The fourth-order valence-corrected chi connectivity index (χ4v) is 2.71. The van der Waals surface area contributed by atoms with Gasteiger partial charge >= 0.3 is 5.97 Å². The summed E-state index contributed by atoms with van der Waals surface area (Å²) in [5.41, 5.74) is -0.0135. The van der Waals surface area contributed by atoms with Crippen molar-refractivity contribution in [2.24, 2.45) is 5.92 Å². The minimum atomic E-state index is -0.847. The predicted octanol–water partition coefficient (Wildman–Crippen LogP) is 3.02. The van der Waals surface area contributed by atoms with Gasteiger partial charge in [0.15, 0.2) is 0 Å². The smallest absolute Gasteiger partial charge is 0.307 e. The lowest BCUT2D eigenvalue weighted by molar-refractivity contribution is -0.143. The summed E-state index contributed by atoms with van der Waals surface area (Å²) in [6.07, 6.45) is 1.35. The van der Waals surface area contributed by atoms with Gasteiger partial charge in [-0.05, 0) is 47.4 Å². The van der Waals surface area contributed by atoms with Gasteiger partial charge in [0, 0.05) is 18.7 Å². The third kappa shape index (κ3) is 3.30. The quantitative estimate of drug-likeness (QED) is 0.864. The maximum absolute atomic E-state index is 13.8. The van der Waals surface area contributed by atoms with E-state index in [1.54, 1.807) is 4.90 Å². The molecule has 1 aliphatic rings. The highest BCUT2D eigenvalue weighted by molar-refractivity contribution is 9.10. The summed E-state index contributed by atoms with van der Waals surface area (Å²) in [6, 6.07) is 2.53. The number of hydrogen-bond acceptors (Lipinski definition) is 2. The highest BCUT2D eigenvalue weighted by atomic mass is 79.9. The molecule has 0 saturated carbocycles. The molecule has 1 aromatic rings. The number of halogens is 3. The number of aliphatic carboxylic acids is 1. The number of rotatable bonds is 3. The Morgan fingerprint density at radius 2 is 2.21 bits per heavy atom. The van der Waals surface area contributed by atoms with Crippen LogP contribution in [0.15, 0.2) is 16.6 Å². The summed E-state index contributed by atoms with van der Waals surface area (Å²) in [5.74, 6) is -2.51. The van der Waals surface area contributed by atoms with Crippen LogP contribution in [-0.2, 0) is 11.3 Å². The third-order valence-corrected chi connectivity index (χ3v) is 3.99. The van der Waals surface area contributed by atoms with Gasteiger partial charge in [0.25, 0.3) is 0 Å². The molecule has 0 spiro atoms. The highest BCUT2D eigenvalue weighted by Crippen LogP contribution is 2.25. The van der Waals surface area contributed by atoms with E-state index < -0.39 is 23.5 Å². The van der Waals surface area contributed by atoms with Crippen molar-refractivity contribution < 1.29 is 18.7 Å². The minimum Gasteiger partial charge on any atom is -0.481 e. The van der Waals surface area contributed by atoms with E-state index in [0.29, 0.717) is 19.5 Å². The van der Waals surface area contributed by atoms with Gasteiger partial charge in [0.1, 0.15) is 11.6 Å². The van der Waals surface area contributed by atoms with Gasteiger partial charge in [-0.1, -0.05) is 0 Å². The van der Waals surface area contributed by atoms with E-state index in [4.69, 9.17) is 5.11 Å². The van der Waals surface area contributed by atoms with Crippen LogP contribution >= 0.6 is 15.9 Å². The van der Waals surface area contributed by atoms with E-state index in [1.165, 1.54) is 12.1 Å². The Morgan fingerprint density at radius 1 is 1.47 bits per heavy atom. The average molecular weight is 334 g/mol. The summed E-state index contributed by atoms with van der Waals surface area (Å²) in [5, 5.41) is 8.99. The predicted molar refractivity (Wildman–Crippen MR) is 69.7 cm³/mol. The van der Waals surface area contributed by atoms with Crippen molar-refractivity contribution >= 4 is 21.9 Å². The van der Waals surface area contributed by atoms with Crippen molar-refractivity contribution in [2.75, 3.05) is 13.1 Å². The fourth-order valence-electron chi connectivity index (χ4n) is 2.34. The van der Waals surface area contributed by atoms with Crippen molar-refractivity contribution in [3.63, 3.8) is 0 Å². The summed E-state index contributed by atoms with van der Waals surface area (Å²) >= 11 is 3.03. The molecule has 0 amide bonds. The molecule has 0 radical (unpaired) electrons. The number of likely N-dealkylation sites (tertiary alicyclic amines) is 1. The zero-order valence-electron chi connectivity index (χ0n) is 10.2. The van der Waals surface area contributed by atoms with Crippen LogP contribution in [0, 0.1) is 17.6 Å². The van der Waals surface area contributed by atoms with Crippen LogP contribution in [0.25, 0.3) is 0 Å². The molecular formula is C13H14BrF2NO2. The molecule has 1 unspecified atom stereocenters. The van der Waals surface area contributed by atoms with Crippen LogP contribution in [-0.4, -0.2) is 29.1 Å². The molecule has 0 aromatic heterocycles. The third-order valence-electron chi connectivity index (χ3n) is 3.38. The highest BCUT2D eigenvalue weighted by Gasteiger charge is 2.26. The molecule has 0 aliphatic carbocycles. The van der Waals surface area contributed by atoms with Crippen LogP contribution in [0.5, 0.6) is 0 Å². The molecular weight excluding hydrogens is 320 g/mol. The first-order chi connectivity index (χ1) is 8.99. The minimum absolute atomic E-state index is 0.0135. The van der Waals surface area contributed by atoms with E-state index in [0.717, 1.165) is 6.42 Å². The first-order valence-electron chi connectivity index (χ1n) is 6.06. The lowest BCUT2D eigenvalue weighted by Crippen LogP contribution is -2.38. The van der Waals surface area contributed by atoms with Crippen LogP contribution in [0.4, 0.5) is 8.78 Å². The number of carbonyl (C=O) groups is 1. The maximum Gasteiger partial charge on any atom is 0.307 e. The lowest BCUT2D eigenvalue weighted by Gasteiger charge is -2.30. The molecule has 1 aromatic carbocycles. The Morgan fingerprint density at radius 3 is 2.89 bits per heavy atom. The van der Waals surface area contributed by atoms with Crippen LogP contribution < -0.4 is 0 Å². The average Bonchev–Trinajstić information content (AvgIpc) is 2.39. The summed E-state index contributed by atoms with van der Waals surface area (Å²) in [4.78, 5) is 12.7. The van der Waals surface area contributed by atoms with Crippen molar-refractivity contribution in [1.29, 1.82) is 0 Å². The van der Waals surface area contributed by atoms with Crippen LogP contribution in [0.1, 0.15) is 18.4 Å². The van der Waals surface area contributed by atoms with Crippen molar-refractivity contribution in [2.45, 2.75) is 19.4 Å². The number of hydrogen-bond donors (Lipinski definition) is 1. The molecule has 1 N–H and O–H groups in total. The second-order valence-electron chi connectivity index (χ2n) is 4.73. The zero-order valence-corrected chi connectivity index (χ0v) is 11.8. The molecule has 3 nitrogen and oxygen atoms in total. The number of piperidine rings is 1. The van der Waals surface area contributed by atoms with Gasteiger partial charge in [0.05, 0.1) is 10.4 Å². The molecule has 1 heterocycles. The van der Waals surface area contributed by atoms with E-state index >= 15 is 0 Å². The van der Waals surface area contributed by atoms with Gasteiger partial charge in [-0.15, -0.1) is 0 Å². The van der Waals surface area contributed by atoms with Gasteiger partial charge < -0.3 is 5.11 Å². The Balaban J connectivity index is 2.13. The van der Waals surface area contributed by atoms with Crippen LogP contribution in [0.2, 0.25) is 0 Å². The van der Waals surface area contributed by atoms with Crippen molar-refractivity contribution in [1.82, 2.24) is 4.90 Å².